The summed E-state index contributed by atoms with van der Waals surface area (Å²) < 4.78 is 6.86. The molecule has 0 radical (unpaired) electrons. The first-order chi connectivity index (χ1) is 11.6. The third-order valence-corrected chi connectivity index (χ3v) is 4.38. The van der Waals surface area contributed by atoms with Crippen molar-refractivity contribution in [1.29, 1.82) is 0 Å². The normalized spacial score (nSPS) is 11.9. The molecule has 0 saturated carbocycles. The lowest BCUT2D eigenvalue weighted by Gasteiger charge is -2.15. The average molecular weight is 341 g/mol. The largest absolute Gasteiger partial charge is 0.450 e. The Morgan fingerprint density at radius 3 is 2.16 bits per heavy atom. The van der Waals surface area contributed by atoms with Crippen molar-refractivity contribution in [1.82, 2.24) is 4.57 Å². The van der Waals surface area contributed by atoms with E-state index in [1.165, 1.54) is 17.6 Å². The minimum absolute atomic E-state index is 0.135. The van der Waals surface area contributed by atoms with Crippen LogP contribution in [-0.4, -0.2) is 28.2 Å². The number of hydrogen-bond acceptors (Lipinski definition) is 4. The highest BCUT2D eigenvalue weighted by Crippen LogP contribution is 2.19. The maximum atomic E-state index is 12.7. The summed E-state index contributed by atoms with van der Waals surface area (Å²) in [5.41, 5.74) is 4.20. The molecule has 1 aromatic carbocycles. The van der Waals surface area contributed by atoms with Crippen molar-refractivity contribution in [2.24, 2.45) is 7.05 Å². The predicted molar refractivity (Wildman–Crippen MR) is 95.3 cm³/mol. The summed E-state index contributed by atoms with van der Waals surface area (Å²) in [5.74, 6) is -1.00. The topological polar surface area (TPSA) is 65.4 Å². The highest BCUT2D eigenvalue weighted by Gasteiger charge is 2.24. The third kappa shape index (κ3) is 3.87. The number of aryl methyl sites for hydroxylation is 4. The van der Waals surface area contributed by atoms with E-state index in [1.54, 1.807) is 20.2 Å². The minimum Gasteiger partial charge on any atom is -0.450 e. The first-order valence-corrected chi connectivity index (χ1v) is 8.12. The van der Waals surface area contributed by atoms with Crippen molar-refractivity contribution >= 4 is 17.5 Å². The average Bonchev–Trinajstić information content (AvgIpc) is 2.92. The zero-order chi connectivity index (χ0) is 18.9. The zero-order valence-electron chi connectivity index (χ0n) is 15.5. The van der Waals surface area contributed by atoms with Crippen LogP contribution in [0.2, 0.25) is 0 Å². The summed E-state index contributed by atoms with van der Waals surface area (Å²) in [5, 5.41) is 0. The smallest absolute Gasteiger partial charge is 0.355 e. The number of benzene rings is 1. The first-order valence-electron chi connectivity index (χ1n) is 8.12. The molecule has 0 spiro atoms. The molecule has 1 aromatic heterocycles. The Labute approximate surface area is 147 Å². The molecule has 0 N–H and O–H groups in total. The molecule has 1 atom stereocenters. The lowest BCUT2D eigenvalue weighted by Crippen LogP contribution is -2.26. The van der Waals surface area contributed by atoms with Crippen molar-refractivity contribution in [2.75, 3.05) is 0 Å². The number of Topliss-reactive ketones (excluding diaryl/α,β-unsaturated/α-hetero) is 2. The van der Waals surface area contributed by atoms with Gasteiger partial charge in [-0.25, -0.2) is 4.79 Å². The number of hydrogen-bond donors (Lipinski definition) is 0. The third-order valence-electron chi connectivity index (χ3n) is 4.38. The Morgan fingerprint density at radius 1 is 1.00 bits per heavy atom. The number of aromatic nitrogens is 1. The van der Waals surface area contributed by atoms with E-state index in [4.69, 9.17) is 4.74 Å². The highest BCUT2D eigenvalue weighted by molar-refractivity contribution is 6.03. The summed E-state index contributed by atoms with van der Waals surface area (Å²) in [6, 6.07) is 5.25. The molecule has 0 unspecified atom stereocenters. The maximum Gasteiger partial charge on any atom is 0.355 e. The molecule has 0 aliphatic heterocycles. The molecule has 132 valence electrons. The number of rotatable bonds is 5. The van der Waals surface area contributed by atoms with Crippen LogP contribution in [0.5, 0.6) is 0 Å². The molecule has 2 rings (SSSR count). The number of carbonyl (C=O) groups is 3. The van der Waals surface area contributed by atoms with Crippen LogP contribution in [0.4, 0.5) is 0 Å². The van der Waals surface area contributed by atoms with Gasteiger partial charge in [0.1, 0.15) is 5.69 Å². The maximum absolute atomic E-state index is 12.7. The quantitative estimate of drug-likeness (QED) is 0.616. The van der Waals surface area contributed by atoms with Gasteiger partial charge in [-0.15, -0.1) is 0 Å². The van der Waals surface area contributed by atoms with Gasteiger partial charge in [-0.1, -0.05) is 6.07 Å². The van der Waals surface area contributed by atoms with E-state index in [9.17, 15) is 14.4 Å². The Morgan fingerprint density at radius 2 is 1.60 bits per heavy atom. The molecule has 0 aliphatic carbocycles. The fourth-order valence-electron chi connectivity index (χ4n) is 2.68. The molecule has 1 heterocycles. The van der Waals surface area contributed by atoms with Gasteiger partial charge in [-0.2, -0.15) is 0 Å². The zero-order valence-corrected chi connectivity index (χ0v) is 15.5. The Kier molecular flexibility index (Phi) is 5.26. The molecule has 0 fully saturated rings. The molecule has 5 nitrogen and oxygen atoms in total. The number of carbonyl (C=O) groups excluding carboxylic acids is 3. The van der Waals surface area contributed by atoms with Crippen molar-refractivity contribution in [3.05, 3.63) is 57.9 Å². The van der Waals surface area contributed by atoms with E-state index in [2.05, 4.69) is 0 Å². The second-order valence-corrected chi connectivity index (χ2v) is 6.44. The van der Waals surface area contributed by atoms with Crippen molar-refractivity contribution in [2.45, 2.75) is 40.7 Å². The Balaban J connectivity index is 2.20. The summed E-state index contributed by atoms with van der Waals surface area (Å²) in [4.78, 5) is 36.4. The number of ketones is 2. The van der Waals surface area contributed by atoms with Crippen molar-refractivity contribution in [3.8, 4) is 0 Å². The highest BCUT2D eigenvalue weighted by atomic mass is 16.5. The van der Waals surface area contributed by atoms with Gasteiger partial charge in [0, 0.05) is 24.4 Å². The molecule has 0 aliphatic rings. The van der Waals surface area contributed by atoms with E-state index < -0.39 is 12.1 Å². The molecule has 25 heavy (non-hydrogen) atoms. The SMILES string of the molecule is CC(=O)c1cc(C(=O)O[C@H](C)C(=O)c2cc(C)c(C)cc2C)n(C)c1. The second-order valence-electron chi connectivity index (χ2n) is 6.44. The van der Waals surface area contributed by atoms with Crippen LogP contribution in [0.1, 0.15) is 61.7 Å². The van der Waals surface area contributed by atoms with Gasteiger partial charge in [0.25, 0.3) is 0 Å². The molecular weight excluding hydrogens is 318 g/mol. The van der Waals surface area contributed by atoms with Crippen LogP contribution in [0.15, 0.2) is 24.4 Å². The fraction of sp³-hybridized carbons (Fsp3) is 0.350. The summed E-state index contributed by atoms with van der Waals surface area (Å²) in [6.07, 6.45) is 0.655. The van der Waals surface area contributed by atoms with Gasteiger partial charge in [-0.05, 0) is 63.4 Å². The lowest BCUT2D eigenvalue weighted by atomic mass is 9.96. The van der Waals surface area contributed by atoms with Crippen LogP contribution in [-0.2, 0) is 11.8 Å². The van der Waals surface area contributed by atoms with Crippen LogP contribution >= 0.6 is 0 Å². The number of ether oxygens (including phenoxy) is 1. The molecular formula is C20H23NO4. The van der Waals surface area contributed by atoms with Gasteiger partial charge in [0.2, 0.25) is 5.78 Å². The van der Waals surface area contributed by atoms with Gasteiger partial charge in [0.15, 0.2) is 11.9 Å². The van der Waals surface area contributed by atoms with Crippen LogP contribution < -0.4 is 0 Å². The molecule has 0 amide bonds. The van der Waals surface area contributed by atoms with Crippen molar-refractivity contribution in [3.63, 3.8) is 0 Å². The fourth-order valence-corrected chi connectivity index (χ4v) is 2.68. The summed E-state index contributed by atoms with van der Waals surface area (Å²) >= 11 is 0. The summed E-state index contributed by atoms with van der Waals surface area (Å²) in [7, 11) is 1.66. The lowest BCUT2D eigenvalue weighted by molar-refractivity contribution is 0.0309. The molecule has 2 aromatic rings. The van der Waals surface area contributed by atoms with Crippen LogP contribution in [0, 0.1) is 20.8 Å². The molecule has 5 heteroatoms. The number of esters is 1. The van der Waals surface area contributed by atoms with Crippen LogP contribution in [0.3, 0.4) is 0 Å². The summed E-state index contributed by atoms with van der Waals surface area (Å²) in [6.45, 7) is 8.78. The predicted octanol–water partition coefficient (Wildman–Crippen LogP) is 3.58. The van der Waals surface area contributed by atoms with E-state index >= 15 is 0 Å². The Hall–Kier alpha value is -2.69. The van der Waals surface area contributed by atoms with Gasteiger partial charge in [-0.3, -0.25) is 9.59 Å². The van der Waals surface area contributed by atoms with Gasteiger partial charge in [0.05, 0.1) is 0 Å². The van der Waals surface area contributed by atoms with E-state index in [0.717, 1.165) is 16.7 Å². The van der Waals surface area contributed by atoms with Crippen LogP contribution in [0.25, 0.3) is 0 Å². The van der Waals surface area contributed by atoms with Gasteiger partial charge < -0.3 is 9.30 Å². The minimum atomic E-state index is -0.913. The Bertz CT molecular complexity index is 861. The first kappa shape index (κ1) is 18.6. The monoisotopic (exact) mass is 341 g/mol. The number of nitrogens with zero attached hydrogens (tertiary/aromatic N) is 1. The van der Waals surface area contributed by atoms with Gasteiger partial charge >= 0.3 is 5.97 Å². The van der Waals surface area contributed by atoms with E-state index in [1.807, 2.05) is 32.9 Å². The second kappa shape index (κ2) is 7.05. The molecule has 0 bridgehead atoms. The van der Waals surface area contributed by atoms with E-state index in [-0.39, 0.29) is 17.3 Å². The standard InChI is InChI=1S/C20H23NO4/c1-11-7-13(3)17(8-12(11)2)19(23)15(5)25-20(24)18-9-16(14(4)22)10-21(18)6/h7-10,15H,1-6H3/t15-/m1/s1. The molecule has 0 saturated heterocycles. The van der Waals surface area contributed by atoms with Crippen molar-refractivity contribution < 1.29 is 19.1 Å². The van der Waals surface area contributed by atoms with E-state index in [0.29, 0.717) is 11.1 Å².